The fraction of sp³-hybridized carbons (Fsp3) is 0.333. The fourth-order valence-electron chi connectivity index (χ4n) is 2.39. The van der Waals surface area contributed by atoms with Gasteiger partial charge in [0.15, 0.2) is 0 Å². The predicted octanol–water partition coefficient (Wildman–Crippen LogP) is 4.06. The van der Waals surface area contributed by atoms with Crippen LogP contribution in [0.4, 0.5) is 0 Å². The molecule has 0 amide bonds. The average Bonchev–Trinajstić information content (AvgIpc) is 2.79. The van der Waals surface area contributed by atoms with Gasteiger partial charge in [-0.05, 0) is 52.3 Å². The summed E-state index contributed by atoms with van der Waals surface area (Å²) in [6, 6.07) is 11.0. The second-order valence-corrected chi connectivity index (χ2v) is 5.61. The van der Waals surface area contributed by atoms with E-state index in [0.717, 1.165) is 5.92 Å². The zero-order valence-electron chi connectivity index (χ0n) is 9.80. The Hall–Kier alpha value is -1.12. The van der Waals surface area contributed by atoms with Crippen LogP contribution in [-0.2, 0) is 0 Å². The van der Waals surface area contributed by atoms with Crippen LogP contribution in [0.5, 0.6) is 0 Å². The average molecular weight is 243 g/mol. The molecule has 1 heterocycles. The zero-order valence-corrected chi connectivity index (χ0v) is 10.6. The van der Waals surface area contributed by atoms with E-state index in [9.17, 15) is 0 Å². The Bertz CT molecular complexity index is 485. The summed E-state index contributed by atoms with van der Waals surface area (Å²) in [7, 11) is 0. The lowest BCUT2D eigenvalue weighted by Gasteiger charge is -2.26. The fourth-order valence-corrected chi connectivity index (χ4v) is 3.09. The van der Waals surface area contributed by atoms with Crippen molar-refractivity contribution in [3.63, 3.8) is 0 Å². The van der Waals surface area contributed by atoms with Crippen LogP contribution >= 0.6 is 11.3 Å². The first kappa shape index (κ1) is 11.0. The van der Waals surface area contributed by atoms with E-state index < -0.39 is 0 Å². The molecule has 0 bridgehead atoms. The Labute approximate surface area is 106 Å². The summed E-state index contributed by atoms with van der Waals surface area (Å²) in [4.78, 5) is 0. The van der Waals surface area contributed by atoms with Crippen molar-refractivity contribution < 1.29 is 0 Å². The number of hydrogen-bond donors (Lipinski definition) is 1. The smallest absolute Gasteiger partial charge is 0.0559 e. The van der Waals surface area contributed by atoms with Gasteiger partial charge in [-0.1, -0.05) is 30.7 Å². The molecule has 1 aromatic heterocycles. The minimum Gasteiger partial charge on any atom is -0.320 e. The predicted molar refractivity (Wildman–Crippen MR) is 73.4 cm³/mol. The summed E-state index contributed by atoms with van der Waals surface area (Å²) in [5.74, 6) is 0.782. The van der Waals surface area contributed by atoms with Gasteiger partial charge < -0.3 is 5.73 Å². The molecular weight excluding hydrogens is 226 g/mol. The van der Waals surface area contributed by atoms with Crippen LogP contribution in [0.2, 0.25) is 0 Å². The minimum atomic E-state index is 0.0290. The van der Waals surface area contributed by atoms with E-state index in [2.05, 4.69) is 41.1 Å². The van der Waals surface area contributed by atoms with Crippen LogP contribution in [-0.4, -0.2) is 0 Å². The third-order valence-corrected chi connectivity index (χ3v) is 4.45. The van der Waals surface area contributed by atoms with Gasteiger partial charge in [-0.2, -0.15) is 11.3 Å². The van der Waals surface area contributed by atoms with E-state index >= 15 is 0 Å². The van der Waals surface area contributed by atoms with Crippen molar-refractivity contribution in [2.45, 2.75) is 31.2 Å². The van der Waals surface area contributed by atoms with Crippen molar-refractivity contribution in [1.29, 1.82) is 0 Å². The lowest BCUT2D eigenvalue weighted by Crippen LogP contribution is -2.13. The standard InChI is InChI=1S/C15H17NS/c16-15(14-7-8-17-10-14)13-6-2-5-12(9-13)11-3-1-4-11/h2,5-11,15H,1,3-4,16H2. The molecule has 0 spiro atoms. The number of hydrogen-bond acceptors (Lipinski definition) is 2. The molecule has 1 aromatic carbocycles. The van der Waals surface area contributed by atoms with Gasteiger partial charge in [-0.25, -0.2) is 0 Å². The molecule has 1 nitrogen and oxygen atoms in total. The van der Waals surface area contributed by atoms with E-state index in [-0.39, 0.29) is 6.04 Å². The molecule has 1 aliphatic rings. The maximum absolute atomic E-state index is 6.30. The molecule has 0 aliphatic heterocycles. The summed E-state index contributed by atoms with van der Waals surface area (Å²) in [5.41, 5.74) is 10.2. The first-order chi connectivity index (χ1) is 8.34. The van der Waals surface area contributed by atoms with Crippen LogP contribution in [0.15, 0.2) is 41.1 Å². The van der Waals surface area contributed by atoms with Crippen LogP contribution in [0.3, 0.4) is 0 Å². The van der Waals surface area contributed by atoms with Crippen molar-refractivity contribution in [2.24, 2.45) is 5.73 Å². The topological polar surface area (TPSA) is 26.0 Å². The highest BCUT2D eigenvalue weighted by Crippen LogP contribution is 2.37. The Morgan fingerprint density at radius 2 is 2.06 bits per heavy atom. The highest BCUT2D eigenvalue weighted by Gasteiger charge is 2.20. The Kier molecular flexibility index (Phi) is 3.00. The summed E-state index contributed by atoms with van der Waals surface area (Å²) < 4.78 is 0. The number of nitrogens with two attached hydrogens (primary N) is 1. The molecule has 17 heavy (non-hydrogen) atoms. The monoisotopic (exact) mass is 243 g/mol. The molecule has 2 aromatic rings. The summed E-state index contributed by atoms with van der Waals surface area (Å²) in [6.45, 7) is 0. The number of benzene rings is 1. The van der Waals surface area contributed by atoms with E-state index in [4.69, 9.17) is 5.73 Å². The molecule has 2 N–H and O–H groups in total. The lowest BCUT2D eigenvalue weighted by atomic mass is 9.79. The van der Waals surface area contributed by atoms with Crippen molar-refractivity contribution in [3.8, 4) is 0 Å². The molecule has 1 fully saturated rings. The third kappa shape index (κ3) is 2.15. The molecule has 1 unspecified atom stereocenters. The molecule has 0 saturated heterocycles. The van der Waals surface area contributed by atoms with Crippen LogP contribution in [0.25, 0.3) is 0 Å². The molecule has 0 radical (unpaired) electrons. The second-order valence-electron chi connectivity index (χ2n) is 4.83. The van der Waals surface area contributed by atoms with Crippen molar-refractivity contribution in [2.75, 3.05) is 0 Å². The van der Waals surface area contributed by atoms with Crippen LogP contribution in [0, 0.1) is 0 Å². The van der Waals surface area contributed by atoms with Gasteiger partial charge in [0.25, 0.3) is 0 Å². The molecule has 1 saturated carbocycles. The van der Waals surface area contributed by atoms with Crippen molar-refractivity contribution in [1.82, 2.24) is 0 Å². The molecule has 2 heteroatoms. The molecule has 3 rings (SSSR count). The maximum atomic E-state index is 6.30. The van der Waals surface area contributed by atoms with Gasteiger partial charge >= 0.3 is 0 Å². The van der Waals surface area contributed by atoms with Gasteiger partial charge in [0, 0.05) is 0 Å². The van der Waals surface area contributed by atoms with Gasteiger partial charge in [0.1, 0.15) is 0 Å². The van der Waals surface area contributed by atoms with Gasteiger partial charge in [-0.3, -0.25) is 0 Å². The van der Waals surface area contributed by atoms with Crippen molar-refractivity contribution in [3.05, 3.63) is 57.8 Å². The Morgan fingerprint density at radius 3 is 2.71 bits per heavy atom. The number of thiophene rings is 1. The van der Waals surface area contributed by atoms with E-state index in [1.165, 1.54) is 36.0 Å². The molecule has 1 aliphatic carbocycles. The largest absolute Gasteiger partial charge is 0.320 e. The SMILES string of the molecule is NC(c1ccsc1)c1cccc(C2CCC2)c1. The third-order valence-electron chi connectivity index (χ3n) is 3.75. The maximum Gasteiger partial charge on any atom is 0.0559 e. The molecule has 88 valence electrons. The van der Waals surface area contributed by atoms with Crippen LogP contribution in [0.1, 0.15) is 47.9 Å². The highest BCUT2D eigenvalue weighted by atomic mass is 32.1. The number of rotatable bonds is 3. The Balaban J connectivity index is 1.87. The second kappa shape index (κ2) is 4.63. The highest BCUT2D eigenvalue weighted by molar-refractivity contribution is 7.08. The minimum absolute atomic E-state index is 0.0290. The van der Waals surface area contributed by atoms with Gasteiger partial charge in [-0.15, -0.1) is 0 Å². The van der Waals surface area contributed by atoms with Gasteiger partial charge in [0.2, 0.25) is 0 Å². The normalized spacial score (nSPS) is 17.7. The zero-order chi connectivity index (χ0) is 11.7. The first-order valence-corrected chi connectivity index (χ1v) is 7.16. The van der Waals surface area contributed by atoms with Gasteiger partial charge in [0.05, 0.1) is 6.04 Å². The van der Waals surface area contributed by atoms with E-state index in [1.807, 2.05) is 0 Å². The molecular formula is C15H17NS. The lowest BCUT2D eigenvalue weighted by molar-refractivity contribution is 0.419. The quantitative estimate of drug-likeness (QED) is 0.864. The summed E-state index contributed by atoms with van der Waals surface area (Å²) in [6.07, 6.45) is 4.07. The van der Waals surface area contributed by atoms with Crippen LogP contribution < -0.4 is 5.73 Å². The van der Waals surface area contributed by atoms with E-state index in [0.29, 0.717) is 0 Å². The molecule has 1 atom stereocenters. The van der Waals surface area contributed by atoms with Crippen molar-refractivity contribution >= 4 is 11.3 Å². The first-order valence-electron chi connectivity index (χ1n) is 6.22. The van der Waals surface area contributed by atoms with E-state index in [1.54, 1.807) is 11.3 Å². The summed E-state index contributed by atoms with van der Waals surface area (Å²) in [5, 5.41) is 4.23. The Morgan fingerprint density at radius 1 is 1.18 bits per heavy atom. The summed E-state index contributed by atoms with van der Waals surface area (Å²) >= 11 is 1.71.